The molecule has 281 valence electrons. The minimum absolute atomic E-state index is 0. The van der Waals surface area contributed by atoms with E-state index in [4.69, 9.17) is 37.9 Å². The number of rotatable bonds is 6. The summed E-state index contributed by atoms with van der Waals surface area (Å²) in [6.45, 7) is 14.9. The average Bonchev–Trinajstić information content (AvgIpc) is 3.92. The van der Waals surface area contributed by atoms with E-state index in [-0.39, 0.29) is 66.7 Å². The Morgan fingerprint density at radius 1 is 0.750 bits per heavy atom. The molecule has 2 fully saturated rings. The number of thiophene rings is 2. The molecule has 52 heavy (non-hydrogen) atoms. The summed E-state index contributed by atoms with van der Waals surface area (Å²) in [6, 6.07) is 0. The Bertz CT molecular complexity index is 2040. The second-order valence-corrected chi connectivity index (χ2v) is 19.4. The van der Waals surface area contributed by atoms with Crippen molar-refractivity contribution in [2.24, 2.45) is 11.3 Å². The molecule has 1 radical (unpaired) electrons. The van der Waals surface area contributed by atoms with Gasteiger partial charge in [-0.1, -0.05) is 53.3 Å². The van der Waals surface area contributed by atoms with E-state index < -0.39 is 0 Å². The zero-order chi connectivity index (χ0) is 36.4. The van der Waals surface area contributed by atoms with E-state index in [0.29, 0.717) is 49.4 Å². The molecule has 2 saturated heterocycles. The van der Waals surface area contributed by atoms with Crippen molar-refractivity contribution in [2.75, 3.05) is 54.9 Å². The first-order chi connectivity index (χ1) is 24.5. The predicted octanol–water partition coefficient (Wildman–Crippen LogP) is 7.50. The Labute approximate surface area is 351 Å². The van der Waals surface area contributed by atoms with Crippen LogP contribution in [0.4, 0.5) is 0 Å². The van der Waals surface area contributed by atoms with E-state index in [0.717, 1.165) is 67.0 Å². The molecule has 4 unspecified atom stereocenters. The van der Waals surface area contributed by atoms with Crippen LogP contribution in [-0.4, -0.2) is 82.7 Å². The number of hydrogen-bond donors (Lipinski definition) is 1. The molecular formula is C37H46O9S5Y. The van der Waals surface area contributed by atoms with Gasteiger partial charge in [-0.3, -0.25) is 0 Å². The minimum atomic E-state index is -0.333. The van der Waals surface area contributed by atoms with Crippen LogP contribution >= 0.6 is 58.0 Å². The van der Waals surface area contributed by atoms with Crippen molar-refractivity contribution >= 4 is 67.8 Å². The standard InChI is InChI=1S/C37H46O9S5.Y/c1-11-17-18(38)27(16(2)3)47-28(17)32-22-23(44-13-12-43-22)33(49-32)29-19(39-7)20(40-8)30(48-29)34-24-25(46-15-14-45-24)35(50-34)31-21(41-9)26(42-10)36(51-31)37(4,5)6;/h16,24-25,27,36,38H,11-15H2,1-10H3;/b32-28+,33-29+,34-30+,35-31+;. The molecule has 5 aliphatic rings. The molecule has 4 atom stereocenters. The summed E-state index contributed by atoms with van der Waals surface area (Å²) in [5, 5.41) is 11.3. The van der Waals surface area contributed by atoms with E-state index in [1.54, 1.807) is 86.4 Å². The van der Waals surface area contributed by atoms with Crippen molar-refractivity contribution in [1.29, 1.82) is 0 Å². The van der Waals surface area contributed by atoms with Crippen LogP contribution in [0.1, 0.15) is 48.0 Å². The van der Waals surface area contributed by atoms with Gasteiger partial charge in [0.25, 0.3) is 0 Å². The predicted molar refractivity (Wildman–Crippen MR) is 209 cm³/mol. The Morgan fingerprint density at radius 3 is 1.90 bits per heavy atom. The van der Waals surface area contributed by atoms with Crippen molar-refractivity contribution in [3.05, 3.63) is 50.8 Å². The van der Waals surface area contributed by atoms with Gasteiger partial charge in [0.1, 0.15) is 31.2 Å². The summed E-state index contributed by atoms with van der Waals surface area (Å²) < 4.78 is 53.7. The molecule has 2 aromatic heterocycles. The average molecular weight is 884 g/mol. The fraction of sp³-hybridized carbons (Fsp3) is 0.568. The normalized spacial score (nSPS) is 28.8. The maximum absolute atomic E-state index is 11.2. The summed E-state index contributed by atoms with van der Waals surface area (Å²) >= 11 is 8.36. The number of aliphatic hydroxyl groups excluding tert-OH is 1. The van der Waals surface area contributed by atoms with Crippen LogP contribution in [0, 0.1) is 20.4 Å². The van der Waals surface area contributed by atoms with Crippen LogP contribution in [0.15, 0.2) is 32.7 Å². The van der Waals surface area contributed by atoms with E-state index >= 15 is 0 Å². The molecule has 15 heteroatoms. The van der Waals surface area contributed by atoms with E-state index in [1.807, 2.05) is 0 Å². The van der Waals surface area contributed by atoms with Crippen molar-refractivity contribution in [3.8, 4) is 23.0 Å². The molecule has 0 bridgehead atoms. The van der Waals surface area contributed by atoms with Crippen LogP contribution in [0.25, 0.3) is 9.81 Å². The van der Waals surface area contributed by atoms with Crippen molar-refractivity contribution in [1.82, 2.24) is 0 Å². The van der Waals surface area contributed by atoms with Crippen LogP contribution in [0.3, 0.4) is 0 Å². The third-order valence-electron chi connectivity index (χ3n) is 9.35. The molecule has 0 spiro atoms. The van der Waals surface area contributed by atoms with Crippen molar-refractivity contribution in [2.45, 2.75) is 70.7 Å². The maximum Gasteiger partial charge on any atom is 0.181 e. The number of ether oxygens (including phenoxy) is 8. The molecule has 0 aromatic carbocycles. The first-order valence-corrected chi connectivity index (χ1v) is 21.3. The summed E-state index contributed by atoms with van der Waals surface area (Å²) in [6.07, 6.45) is 0.0823. The zero-order valence-electron chi connectivity index (χ0n) is 31.3. The van der Waals surface area contributed by atoms with Crippen LogP contribution in [0.2, 0.25) is 0 Å². The van der Waals surface area contributed by atoms with Gasteiger partial charge in [-0.25, -0.2) is 0 Å². The van der Waals surface area contributed by atoms with E-state index in [2.05, 4.69) is 41.5 Å². The molecule has 7 rings (SSSR count). The Hall–Kier alpha value is -0.966. The number of methoxy groups -OCH3 is 4. The second-order valence-electron chi connectivity index (χ2n) is 14.0. The second kappa shape index (κ2) is 16.3. The molecule has 0 aliphatic carbocycles. The maximum atomic E-state index is 11.2. The van der Waals surface area contributed by atoms with Gasteiger partial charge in [0.05, 0.1) is 75.2 Å². The van der Waals surface area contributed by atoms with E-state index in [1.165, 1.54) is 0 Å². The topological polar surface area (TPSA) is 94.1 Å². The fourth-order valence-electron chi connectivity index (χ4n) is 6.98. The first kappa shape index (κ1) is 40.7. The zero-order valence-corrected chi connectivity index (χ0v) is 38.2. The third kappa shape index (κ3) is 6.79. The Kier molecular flexibility index (Phi) is 12.7. The molecule has 1 N–H and O–H groups in total. The largest absolute Gasteiger partial charge is 0.511 e. The Morgan fingerprint density at radius 2 is 1.35 bits per heavy atom. The van der Waals surface area contributed by atoms with Gasteiger partial charge in [-0.05, 0) is 17.8 Å². The van der Waals surface area contributed by atoms with Gasteiger partial charge in [0, 0.05) is 53.0 Å². The third-order valence-corrected chi connectivity index (χ3v) is 17.1. The molecule has 7 heterocycles. The van der Waals surface area contributed by atoms with E-state index in [9.17, 15) is 5.11 Å². The molecular weight excluding hydrogens is 838 g/mol. The number of thioether (sulfide) groups is 3. The molecule has 9 nitrogen and oxygen atoms in total. The number of hydrogen-bond acceptors (Lipinski definition) is 14. The first-order valence-electron chi connectivity index (χ1n) is 17.1. The van der Waals surface area contributed by atoms with Crippen LogP contribution < -0.4 is 28.0 Å². The summed E-state index contributed by atoms with van der Waals surface area (Å²) in [5.41, 5.74) is 0.904. The van der Waals surface area contributed by atoms with Crippen LogP contribution in [0.5, 0.6) is 23.0 Å². The molecule has 0 amide bonds. The summed E-state index contributed by atoms with van der Waals surface area (Å²) in [4.78, 5) is 4.14. The van der Waals surface area contributed by atoms with Crippen molar-refractivity contribution < 1.29 is 75.7 Å². The number of aliphatic hydroxyl groups is 1. The minimum Gasteiger partial charge on any atom is -0.511 e. The molecule has 5 aliphatic heterocycles. The van der Waals surface area contributed by atoms with Gasteiger partial charge in [-0.15, -0.1) is 46.2 Å². The fourth-order valence-corrected chi connectivity index (χ4v) is 14.3. The van der Waals surface area contributed by atoms with Gasteiger partial charge in [0.15, 0.2) is 34.5 Å². The van der Waals surface area contributed by atoms with Gasteiger partial charge in [0.2, 0.25) is 0 Å². The quantitative estimate of drug-likeness (QED) is 0.312. The van der Waals surface area contributed by atoms with Crippen LogP contribution in [-0.2, 0) is 51.7 Å². The molecule has 0 saturated carbocycles. The van der Waals surface area contributed by atoms with Crippen molar-refractivity contribution in [3.63, 3.8) is 0 Å². The van der Waals surface area contributed by atoms with Gasteiger partial charge < -0.3 is 43.0 Å². The monoisotopic (exact) mass is 883 g/mol. The smallest absolute Gasteiger partial charge is 0.181 e. The summed E-state index contributed by atoms with van der Waals surface area (Å²) in [5.74, 6) is 5.02. The SMILES string of the molecule is CCC1=C(O)C(C(C)C)S/C1=c1/s/c(=c2/s/c(=C3/S/C(=C4/SC(C(C)(C)C)C(OC)=C4OC)C4OCCOC34)c(OC)c2OC)c2c1OCCO2.[Y]. The Balaban J connectivity index is 0.00000464. The number of fused-ring (bicyclic) bond motifs is 2. The van der Waals surface area contributed by atoms with Gasteiger partial charge in [-0.2, -0.15) is 0 Å². The summed E-state index contributed by atoms with van der Waals surface area (Å²) in [7, 11) is 6.77. The molecule has 2 aromatic rings. The van der Waals surface area contributed by atoms with Gasteiger partial charge >= 0.3 is 0 Å².